The van der Waals surface area contributed by atoms with Crippen molar-refractivity contribution in [3.8, 4) is 0 Å². The minimum absolute atomic E-state index is 0.245. The third kappa shape index (κ3) is 1.74. The fraction of sp³-hybridized carbons (Fsp3) is 1.00. The molecule has 1 saturated carbocycles. The molecule has 0 spiro atoms. The van der Waals surface area contributed by atoms with Gasteiger partial charge < -0.3 is 10.4 Å². The quantitative estimate of drug-likeness (QED) is 0.627. The van der Waals surface area contributed by atoms with Crippen molar-refractivity contribution >= 4 is 0 Å². The summed E-state index contributed by atoms with van der Waals surface area (Å²) in [5, 5.41) is 12.3. The number of aliphatic hydroxyl groups excluding tert-OH is 1. The molecule has 1 unspecified atom stereocenters. The molecule has 0 saturated heterocycles. The van der Waals surface area contributed by atoms with E-state index in [0.29, 0.717) is 6.61 Å². The van der Waals surface area contributed by atoms with E-state index in [0.717, 1.165) is 18.8 Å². The highest BCUT2D eigenvalue weighted by molar-refractivity contribution is 4.99. The Hall–Kier alpha value is -0.0800. The van der Waals surface area contributed by atoms with Gasteiger partial charge in [0, 0.05) is 12.1 Å². The third-order valence-electron chi connectivity index (χ3n) is 3.05. The molecular weight excluding hydrogens is 138 g/mol. The van der Waals surface area contributed by atoms with Crippen molar-refractivity contribution in [3.05, 3.63) is 0 Å². The molecule has 0 aromatic heterocycles. The number of rotatable bonds is 5. The maximum absolute atomic E-state index is 8.90. The molecule has 0 aromatic rings. The van der Waals surface area contributed by atoms with E-state index in [1.165, 1.54) is 12.8 Å². The highest BCUT2D eigenvalue weighted by atomic mass is 16.3. The molecule has 0 aliphatic heterocycles. The van der Waals surface area contributed by atoms with Crippen molar-refractivity contribution in [1.29, 1.82) is 0 Å². The van der Waals surface area contributed by atoms with E-state index in [1.54, 1.807) is 0 Å². The number of hydrogen-bond acceptors (Lipinski definition) is 2. The van der Waals surface area contributed by atoms with Crippen LogP contribution in [0.15, 0.2) is 0 Å². The average molecular weight is 157 g/mol. The molecule has 1 aliphatic rings. The van der Waals surface area contributed by atoms with E-state index < -0.39 is 0 Å². The minimum Gasteiger partial charge on any atom is -0.396 e. The molecule has 1 atom stereocenters. The second-order valence-electron chi connectivity index (χ2n) is 3.51. The summed E-state index contributed by atoms with van der Waals surface area (Å²) in [6.45, 7) is 2.51. The van der Waals surface area contributed by atoms with Crippen LogP contribution in [0, 0.1) is 5.92 Å². The standard InChI is InChI=1S/C9H19NO/c1-3-9(10-2,6-7-11)8-4-5-8/h8,10-11H,3-7H2,1-2H3. The Morgan fingerprint density at radius 1 is 1.55 bits per heavy atom. The highest BCUT2D eigenvalue weighted by Crippen LogP contribution is 2.42. The molecule has 0 amide bonds. The van der Waals surface area contributed by atoms with Crippen molar-refractivity contribution in [2.24, 2.45) is 5.92 Å². The largest absolute Gasteiger partial charge is 0.396 e. The first-order valence-electron chi connectivity index (χ1n) is 4.59. The summed E-state index contributed by atoms with van der Waals surface area (Å²) >= 11 is 0. The van der Waals surface area contributed by atoms with Gasteiger partial charge in [0.25, 0.3) is 0 Å². The number of aliphatic hydroxyl groups is 1. The summed E-state index contributed by atoms with van der Waals surface area (Å²) in [6.07, 6.45) is 4.72. The van der Waals surface area contributed by atoms with Gasteiger partial charge in [-0.15, -0.1) is 0 Å². The van der Waals surface area contributed by atoms with Crippen LogP contribution in [0.25, 0.3) is 0 Å². The molecule has 2 nitrogen and oxygen atoms in total. The topological polar surface area (TPSA) is 32.3 Å². The van der Waals surface area contributed by atoms with Crippen LogP contribution >= 0.6 is 0 Å². The fourth-order valence-electron chi connectivity index (χ4n) is 2.01. The van der Waals surface area contributed by atoms with Crippen molar-refractivity contribution in [3.63, 3.8) is 0 Å². The van der Waals surface area contributed by atoms with Crippen molar-refractivity contribution in [2.75, 3.05) is 13.7 Å². The van der Waals surface area contributed by atoms with Gasteiger partial charge >= 0.3 is 0 Å². The third-order valence-corrected chi connectivity index (χ3v) is 3.05. The zero-order valence-electron chi connectivity index (χ0n) is 7.56. The molecule has 66 valence electrons. The Bertz CT molecular complexity index is 117. The summed E-state index contributed by atoms with van der Waals surface area (Å²) in [4.78, 5) is 0. The van der Waals surface area contributed by atoms with Gasteiger partial charge in [-0.3, -0.25) is 0 Å². The lowest BCUT2D eigenvalue weighted by atomic mass is 9.87. The maximum Gasteiger partial charge on any atom is 0.0448 e. The van der Waals surface area contributed by atoms with E-state index in [9.17, 15) is 0 Å². The second kappa shape index (κ2) is 3.55. The molecule has 1 fully saturated rings. The second-order valence-corrected chi connectivity index (χ2v) is 3.51. The van der Waals surface area contributed by atoms with Gasteiger partial charge in [-0.1, -0.05) is 6.92 Å². The van der Waals surface area contributed by atoms with Crippen LogP contribution in [0.1, 0.15) is 32.6 Å². The molecule has 0 heterocycles. The smallest absolute Gasteiger partial charge is 0.0448 e. The average Bonchev–Trinajstić information content (AvgIpc) is 2.83. The molecule has 1 rings (SSSR count). The lowest BCUT2D eigenvalue weighted by Crippen LogP contribution is -2.45. The van der Waals surface area contributed by atoms with Gasteiger partial charge in [0.05, 0.1) is 0 Å². The number of hydrogen-bond donors (Lipinski definition) is 2. The number of nitrogens with one attached hydrogen (secondary N) is 1. The normalized spacial score (nSPS) is 23.2. The molecular formula is C9H19NO. The zero-order chi connectivity index (χ0) is 8.32. The van der Waals surface area contributed by atoms with Crippen LogP contribution in [0.3, 0.4) is 0 Å². The SMILES string of the molecule is CCC(CCO)(NC)C1CC1. The first-order valence-corrected chi connectivity index (χ1v) is 4.59. The van der Waals surface area contributed by atoms with Crippen molar-refractivity contribution in [1.82, 2.24) is 5.32 Å². The van der Waals surface area contributed by atoms with Crippen molar-refractivity contribution < 1.29 is 5.11 Å². The Morgan fingerprint density at radius 2 is 2.18 bits per heavy atom. The highest BCUT2D eigenvalue weighted by Gasteiger charge is 2.41. The zero-order valence-corrected chi connectivity index (χ0v) is 7.56. The van der Waals surface area contributed by atoms with Crippen molar-refractivity contribution in [2.45, 2.75) is 38.1 Å². The van der Waals surface area contributed by atoms with E-state index >= 15 is 0 Å². The van der Waals surface area contributed by atoms with Crippen LogP contribution in [-0.4, -0.2) is 24.3 Å². The predicted molar refractivity (Wildman–Crippen MR) is 46.5 cm³/mol. The van der Waals surface area contributed by atoms with Gasteiger partial charge in [0.15, 0.2) is 0 Å². The minimum atomic E-state index is 0.245. The van der Waals surface area contributed by atoms with Gasteiger partial charge in [0.2, 0.25) is 0 Å². The monoisotopic (exact) mass is 157 g/mol. The Balaban J connectivity index is 2.50. The summed E-state index contributed by atoms with van der Waals surface area (Å²) in [6, 6.07) is 0. The molecule has 0 radical (unpaired) electrons. The summed E-state index contributed by atoms with van der Waals surface area (Å²) in [5.41, 5.74) is 0.245. The first-order chi connectivity index (χ1) is 5.29. The Labute approximate surface area is 69.0 Å². The summed E-state index contributed by atoms with van der Waals surface area (Å²) in [7, 11) is 2.01. The van der Waals surface area contributed by atoms with E-state index in [1.807, 2.05) is 7.05 Å². The summed E-state index contributed by atoms with van der Waals surface area (Å²) in [5.74, 6) is 0.824. The van der Waals surface area contributed by atoms with Gasteiger partial charge in [0.1, 0.15) is 0 Å². The first kappa shape index (κ1) is 9.01. The van der Waals surface area contributed by atoms with Gasteiger partial charge in [-0.25, -0.2) is 0 Å². The maximum atomic E-state index is 8.90. The fourth-order valence-corrected chi connectivity index (χ4v) is 2.01. The van der Waals surface area contributed by atoms with Crippen LogP contribution in [0.4, 0.5) is 0 Å². The molecule has 0 aromatic carbocycles. The molecule has 0 bridgehead atoms. The van der Waals surface area contributed by atoms with E-state index in [2.05, 4.69) is 12.2 Å². The lowest BCUT2D eigenvalue weighted by molar-refractivity contribution is 0.191. The Morgan fingerprint density at radius 3 is 2.45 bits per heavy atom. The molecule has 1 aliphatic carbocycles. The molecule has 11 heavy (non-hydrogen) atoms. The molecule has 2 heteroatoms. The van der Waals surface area contributed by atoms with Crippen LogP contribution < -0.4 is 5.32 Å². The lowest BCUT2D eigenvalue weighted by Gasteiger charge is -2.32. The Kier molecular flexibility index (Phi) is 2.90. The molecule has 2 N–H and O–H groups in total. The van der Waals surface area contributed by atoms with E-state index in [4.69, 9.17) is 5.11 Å². The van der Waals surface area contributed by atoms with Gasteiger partial charge in [-0.2, -0.15) is 0 Å². The van der Waals surface area contributed by atoms with E-state index in [-0.39, 0.29) is 5.54 Å². The van der Waals surface area contributed by atoms with Crippen LogP contribution in [0.2, 0.25) is 0 Å². The predicted octanol–water partition coefficient (Wildman–Crippen LogP) is 1.15. The van der Waals surface area contributed by atoms with Crippen LogP contribution in [-0.2, 0) is 0 Å². The summed E-state index contributed by atoms with van der Waals surface area (Å²) < 4.78 is 0. The van der Waals surface area contributed by atoms with Gasteiger partial charge in [-0.05, 0) is 38.6 Å². The van der Waals surface area contributed by atoms with Crippen LogP contribution in [0.5, 0.6) is 0 Å².